The summed E-state index contributed by atoms with van der Waals surface area (Å²) in [7, 11) is 0. The molecule has 1 nitrogen and oxygen atoms in total. The fourth-order valence-corrected chi connectivity index (χ4v) is 1.53. The number of halogens is 6. The maximum absolute atomic E-state index is 12.5. The lowest BCUT2D eigenvalue weighted by molar-refractivity contribution is -0.236. The standard InChI is InChI=1S/C8H4BrClF4O/c9-5-3-4(10)1-2-6(5)15-7(11)8(12,13)14/h1-3,7H. The summed E-state index contributed by atoms with van der Waals surface area (Å²) in [5.74, 6) is -0.260. The fourth-order valence-electron chi connectivity index (χ4n) is 0.749. The highest BCUT2D eigenvalue weighted by molar-refractivity contribution is 9.10. The van der Waals surface area contributed by atoms with Gasteiger partial charge in [0.25, 0.3) is 0 Å². The lowest BCUT2D eigenvalue weighted by Crippen LogP contribution is -2.29. The third-order valence-corrected chi connectivity index (χ3v) is 2.24. The van der Waals surface area contributed by atoms with Crippen molar-refractivity contribution in [2.24, 2.45) is 0 Å². The second-order valence-corrected chi connectivity index (χ2v) is 3.84. The first-order valence-corrected chi connectivity index (χ1v) is 4.80. The van der Waals surface area contributed by atoms with Gasteiger partial charge < -0.3 is 4.74 Å². The Kier molecular flexibility index (Phi) is 3.83. The Balaban J connectivity index is 2.82. The first-order chi connectivity index (χ1) is 6.80. The molecule has 0 heterocycles. The molecule has 0 amide bonds. The van der Waals surface area contributed by atoms with E-state index in [0.717, 1.165) is 6.07 Å². The minimum atomic E-state index is -5.04. The number of hydrogen-bond donors (Lipinski definition) is 0. The van der Waals surface area contributed by atoms with Crippen molar-refractivity contribution in [3.8, 4) is 5.75 Å². The van der Waals surface area contributed by atoms with Crippen molar-refractivity contribution in [1.29, 1.82) is 0 Å². The fraction of sp³-hybridized carbons (Fsp3) is 0.250. The van der Waals surface area contributed by atoms with Crippen LogP contribution in [-0.2, 0) is 0 Å². The van der Waals surface area contributed by atoms with Crippen LogP contribution in [0.15, 0.2) is 22.7 Å². The van der Waals surface area contributed by atoms with Crippen molar-refractivity contribution < 1.29 is 22.3 Å². The smallest absolute Gasteiger partial charge is 0.451 e. The van der Waals surface area contributed by atoms with E-state index in [1.54, 1.807) is 0 Å². The lowest BCUT2D eigenvalue weighted by atomic mass is 10.3. The Morgan fingerprint density at radius 3 is 2.40 bits per heavy atom. The topological polar surface area (TPSA) is 9.23 Å². The maximum atomic E-state index is 12.5. The second-order valence-electron chi connectivity index (χ2n) is 2.55. The van der Waals surface area contributed by atoms with Crippen molar-refractivity contribution in [3.63, 3.8) is 0 Å². The van der Waals surface area contributed by atoms with E-state index in [2.05, 4.69) is 20.7 Å². The van der Waals surface area contributed by atoms with E-state index in [4.69, 9.17) is 11.6 Å². The van der Waals surface area contributed by atoms with E-state index in [9.17, 15) is 17.6 Å². The molecule has 1 aromatic rings. The number of alkyl halides is 4. The number of hydrogen-bond acceptors (Lipinski definition) is 1. The van der Waals surface area contributed by atoms with E-state index < -0.39 is 12.5 Å². The molecule has 1 atom stereocenters. The van der Waals surface area contributed by atoms with Crippen molar-refractivity contribution in [3.05, 3.63) is 27.7 Å². The Bertz CT molecular complexity index is 355. The third-order valence-electron chi connectivity index (χ3n) is 1.38. The quantitative estimate of drug-likeness (QED) is 0.739. The van der Waals surface area contributed by atoms with Crippen LogP contribution in [0.25, 0.3) is 0 Å². The molecule has 0 bridgehead atoms. The highest BCUT2D eigenvalue weighted by Crippen LogP contribution is 2.32. The average Bonchev–Trinajstić information content (AvgIpc) is 2.08. The summed E-state index contributed by atoms with van der Waals surface area (Å²) in [5.41, 5.74) is 0. The van der Waals surface area contributed by atoms with E-state index in [0.29, 0.717) is 5.02 Å². The molecule has 1 aromatic carbocycles. The second kappa shape index (κ2) is 4.57. The Labute approximate surface area is 96.1 Å². The van der Waals surface area contributed by atoms with E-state index >= 15 is 0 Å². The van der Waals surface area contributed by atoms with E-state index in [1.165, 1.54) is 12.1 Å². The molecule has 15 heavy (non-hydrogen) atoms. The molecule has 7 heteroatoms. The van der Waals surface area contributed by atoms with Crippen molar-refractivity contribution in [2.75, 3.05) is 0 Å². The largest absolute Gasteiger partial charge is 0.457 e. The molecular formula is C8H4BrClF4O. The average molecular weight is 307 g/mol. The summed E-state index contributed by atoms with van der Waals surface area (Å²) in [5, 5.41) is 0.302. The van der Waals surface area contributed by atoms with Gasteiger partial charge in [-0.1, -0.05) is 11.6 Å². The van der Waals surface area contributed by atoms with Crippen LogP contribution in [0.4, 0.5) is 17.6 Å². The van der Waals surface area contributed by atoms with Crippen molar-refractivity contribution in [1.82, 2.24) is 0 Å². The summed E-state index contributed by atoms with van der Waals surface area (Å²) in [6, 6.07) is 3.75. The minimum Gasteiger partial charge on any atom is -0.451 e. The van der Waals surface area contributed by atoms with Gasteiger partial charge in [0.15, 0.2) is 0 Å². The van der Waals surface area contributed by atoms with Gasteiger partial charge in [0.1, 0.15) is 5.75 Å². The zero-order valence-corrected chi connectivity index (χ0v) is 9.33. The van der Waals surface area contributed by atoms with Gasteiger partial charge in [-0.3, -0.25) is 0 Å². The number of benzene rings is 1. The molecule has 0 saturated carbocycles. The van der Waals surface area contributed by atoms with Gasteiger partial charge in [-0.05, 0) is 34.1 Å². The molecule has 1 rings (SSSR count). The zero-order chi connectivity index (χ0) is 11.6. The molecule has 1 unspecified atom stereocenters. The van der Waals surface area contributed by atoms with Crippen LogP contribution in [-0.4, -0.2) is 12.5 Å². The molecule has 0 aliphatic carbocycles. The Morgan fingerprint density at radius 1 is 1.33 bits per heavy atom. The maximum Gasteiger partial charge on any atom is 0.457 e. The number of ether oxygens (including phenoxy) is 1. The Hall–Kier alpha value is -0.490. The van der Waals surface area contributed by atoms with Gasteiger partial charge in [0.2, 0.25) is 0 Å². The van der Waals surface area contributed by atoms with Crippen LogP contribution in [0.2, 0.25) is 5.02 Å². The zero-order valence-electron chi connectivity index (χ0n) is 6.99. The molecule has 0 radical (unpaired) electrons. The van der Waals surface area contributed by atoms with Gasteiger partial charge in [-0.15, -0.1) is 0 Å². The predicted molar refractivity (Wildman–Crippen MR) is 50.7 cm³/mol. The molecule has 84 valence electrons. The Morgan fingerprint density at radius 2 is 1.93 bits per heavy atom. The highest BCUT2D eigenvalue weighted by atomic mass is 79.9. The summed E-state index contributed by atoms with van der Waals surface area (Å²) in [6.07, 6.45) is -8.39. The summed E-state index contributed by atoms with van der Waals surface area (Å²) >= 11 is 8.44. The first kappa shape index (κ1) is 12.6. The van der Waals surface area contributed by atoms with Crippen LogP contribution in [0.1, 0.15) is 0 Å². The van der Waals surface area contributed by atoms with Crippen molar-refractivity contribution in [2.45, 2.75) is 12.5 Å². The van der Waals surface area contributed by atoms with Gasteiger partial charge in [-0.25, -0.2) is 0 Å². The monoisotopic (exact) mass is 306 g/mol. The van der Waals surface area contributed by atoms with Crippen LogP contribution >= 0.6 is 27.5 Å². The van der Waals surface area contributed by atoms with Crippen molar-refractivity contribution >= 4 is 27.5 Å². The van der Waals surface area contributed by atoms with Crippen LogP contribution in [0, 0.1) is 0 Å². The van der Waals surface area contributed by atoms with Gasteiger partial charge in [0.05, 0.1) is 4.47 Å². The van der Waals surface area contributed by atoms with Gasteiger partial charge >= 0.3 is 12.5 Å². The highest BCUT2D eigenvalue weighted by Gasteiger charge is 2.42. The molecule has 0 aliphatic heterocycles. The first-order valence-electron chi connectivity index (χ1n) is 3.63. The molecule has 0 aromatic heterocycles. The lowest BCUT2D eigenvalue weighted by Gasteiger charge is -2.15. The molecular weight excluding hydrogens is 303 g/mol. The van der Waals surface area contributed by atoms with Crippen LogP contribution in [0.3, 0.4) is 0 Å². The molecule has 0 N–H and O–H groups in total. The van der Waals surface area contributed by atoms with Crippen LogP contribution in [0.5, 0.6) is 5.75 Å². The summed E-state index contributed by atoms with van der Waals surface area (Å²) in [6.45, 7) is 0. The number of rotatable bonds is 2. The van der Waals surface area contributed by atoms with Gasteiger partial charge in [0, 0.05) is 5.02 Å². The normalized spacial score (nSPS) is 13.7. The van der Waals surface area contributed by atoms with E-state index in [1.807, 2.05) is 0 Å². The van der Waals surface area contributed by atoms with Crippen LogP contribution < -0.4 is 4.74 Å². The molecule has 0 saturated heterocycles. The summed E-state index contributed by atoms with van der Waals surface area (Å²) in [4.78, 5) is 0. The minimum absolute atomic E-state index is 0.155. The molecule has 0 spiro atoms. The third kappa shape index (κ3) is 3.53. The van der Waals surface area contributed by atoms with E-state index in [-0.39, 0.29) is 10.2 Å². The van der Waals surface area contributed by atoms with Gasteiger partial charge in [-0.2, -0.15) is 17.6 Å². The SMILES string of the molecule is FC(Oc1ccc(Cl)cc1Br)C(F)(F)F. The predicted octanol–water partition coefficient (Wildman–Crippen LogP) is 4.34. The molecule has 0 aliphatic rings. The summed E-state index contributed by atoms with van der Waals surface area (Å²) < 4.78 is 52.1. The molecule has 0 fully saturated rings.